The summed E-state index contributed by atoms with van der Waals surface area (Å²) in [6.07, 6.45) is 5.83. The van der Waals surface area contributed by atoms with Crippen LogP contribution >= 0.6 is 31.9 Å². The van der Waals surface area contributed by atoms with Gasteiger partial charge in [0.15, 0.2) is 0 Å². The molecule has 0 amide bonds. The van der Waals surface area contributed by atoms with Gasteiger partial charge in [0, 0.05) is 27.8 Å². The average molecular weight is 353 g/mol. The lowest BCUT2D eigenvalue weighted by Gasteiger charge is -2.07. The summed E-state index contributed by atoms with van der Waals surface area (Å²) in [4.78, 5) is 4.17. The number of rotatable bonds is 3. The van der Waals surface area contributed by atoms with E-state index in [1.54, 1.807) is 6.20 Å². The van der Waals surface area contributed by atoms with Crippen molar-refractivity contribution in [2.24, 2.45) is 0 Å². The molecule has 0 saturated heterocycles. The van der Waals surface area contributed by atoms with Crippen molar-refractivity contribution in [2.75, 3.05) is 5.33 Å². The number of pyridine rings is 1. The molecule has 0 radical (unpaired) electrons. The largest absolute Gasteiger partial charge is 0.264 e. The van der Waals surface area contributed by atoms with E-state index in [-0.39, 0.29) is 0 Å². The average Bonchev–Trinajstić information content (AvgIpc) is 2.38. The molecule has 1 aromatic heterocycles. The molecule has 0 aliphatic carbocycles. The molecule has 0 aliphatic heterocycles. The van der Waals surface area contributed by atoms with E-state index in [0.717, 1.165) is 15.4 Å². The maximum absolute atomic E-state index is 4.17. The van der Waals surface area contributed by atoms with Gasteiger partial charge >= 0.3 is 0 Å². The van der Waals surface area contributed by atoms with Gasteiger partial charge in [-0.3, -0.25) is 4.98 Å². The minimum absolute atomic E-state index is 0.827. The minimum atomic E-state index is 0.827. The van der Waals surface area contributed by atoms with Gasteiger partial charge < -0.3 is 0 Å². The highest BCUT2D eigenvalue weighted by molar-refractivity contribution is 9.10. The molecule has 0 bridgehead atoms. The molecule has 0 saturated carbocycles. The molecule has 1 heterocycles. The Hall–Kier alpha value is -0.930. The summed E-state index contributed by atoms with van der Waals surface area (Å²) >= 11 is 6.90. The fourth-order valence-electron chi connectivity index (χ4n) is 1.63. The molecular formula is C14H11Br2N. The lowest BCUT2D eigenvalue weighted by molar-refractivity contribution is 1.31. The number of nitrogens with zero attached hydrogens (tertiary/aromatic N) is 1. The predicted octanol–water partition coefficient (Wildman–Crippen LogP) is 4.67. The van der Waals surface area contributed by atoms with Gasteiger partial charge in [-0.2, -0.15) is 0 Å². The van der Waals surface area contributed by atoms with Crippen molar-refractivity contribution >= 4 is 37.4 Å². The number of aromatic nitrogens is 1. The first kappa shape index (κ1) is 12.5. The first-order valence-electron chi connectivity index (χ1n) is 5.23. The van der Waals surface area contributed by atoms with Crippen molar-refractivity contribution in [1.29, 1.82) is 0 Å². The van der Waals surface area contributed by atoms with E-state index in [2.05, 4.69) is 61.1 Å². The van der Waals surface area contributed by atoms with Crippen LogP contribution in [0.5, 0.6) is 0 Å². The van der Waals surface area contributed by atoms with Crippen molar-refractivity contribution in [3.63, 3.8) is 0 Å². The number of alkyl halides is 1. The lowest BCUT2D eigenvalue weighted by Crippen LogP contribution is -1.89. The molecule has 0 aliphatic rings. The SMILES string of the molecule is BrC/C=C(/c1ccc(Br)cc1)c1cccnc1. The Morgan fingerprint density at radius 2 is 1.88 bits per heavy atom. The second-order valence-corrected chi connectivity index (χ2v) is 5.08. The van der Waals surface area contributed by atoms with E-state index < -0.39 is 0 Å². The van der Waals surface area contributed by atoms with Crippen molar-refractivity contribution in [3.05, 3.63) is 70.5 Å². The van der Waals surface area contributed by atoms with E-state index in [1.165, 1.54) is 11.1 Å². The summed E-state index contributed by atoms with van der Waals surface area (Å²) in [6.45, 7) is 0. The van der Waals surface area contributed by atoms with E-state index >= 15 is 0 Å². The van der Waals surface area contributed by atoms with Crippen LogP contribution in [-0.4, -0.2) is 10.3 Å². The molecule has 2 rings (SSSR count). The molecule has 0 atom stereocenters. The standard InChI is InChI=1S/C14H11Br2N/c15-8-7-14(12-2-1-9-17-10-12)11-3-5-13(16)6-4-11/h1-7,9-10H,8H2/b14-7-. The number of hydrogen-bond acceptors (Lipinski definition) is 1. The first-order valence-corrected chi connectivity index (χ1v) is 7.15. The van der Waals surface area contributed by atoms with Gasteiger partial charge in [0.1, 0.15) is 0 Å². The van der Waals surface area contributed by atoms with Gasteiger partial charge in [-0.05, 0) is 29.3 Å². The molecule has 1 nitrogen and oxygen atoms in total. The quantitative estimate of drug-likeness (QED) is 0.731. The zero-order valence-corrected chi connectivity index (χ0v) is 12.3. The van der Waals surface area contributed by atoms with Crippen LogP contribution in [0.4, 0.5) is 0 Å². The first-order chi connectivity index (χ1) is 8.31. The van der Waals surface area contributed by atoms with Crippen LogP contribution in [0.3, 0.4) is 0 Å². The van der Waals surface area contributed by atoms with E-state index in [4.69, 9.17) is 0 Å². The Morgan fingerprint density at radius 3 is 2.47 bits per heavy atom. The maximum Gasteiger partial charge on any atom is 0.0346 e. The molecule has 0 N–H and O–H groups in total. The van der Waals surface area contributed by atoms with Crippen molar-refractivity contribution in [1.82, 2.24) is 4.98 Å². The fraction of sp³-hybridized carbons (Fsp3) is 0.0714. The summed E-state index contributed by atoms with van der Waals surface area (Å²) in [5.41, 5.74) is 3.53. The van der Waals surface area contributed by atoms with Gasteiger partial charge in [-0.15, -0.1) is 0 Å². The van der Waals surface area contributed by atoms with E-state index in [0.29, 0.717) is 0 Å². The third-order valence-electron chi connectivity index (χ3n) is 2.41. The third-order valence-corrected chi connectivity index (χ3v) is 3.26. The molecule has 3 heteroatoms. The van der Waals surface area contributed by atoms with E-state index in [1.807, 2.05) is 24.4 Å². The monoisotopic (exact) mass is 351 g/mol. The van der Waals surface area contributed by atoms with Gasteiger partial charge in [0.2, 0.25) is 0 Å². The molecule has 2 aromatic rings. The zero-order valence-electron chi connectivity index (χ0n) is 9.11. The smallest absolute Gasteiger partial charge is 0.0346 e. The van der Waals surface area contributed by atoms with Crippen molar-refractivity contribution in [2.45, 2.75) is 0 Å². The Kier molecular flexibility index (Phi) is 4.51. The highest BCUT2D eigenvalue weighted by atomic mass is 79.9. The maximum atomic E-state index is 4.17. The normalized spacial score (nSPS) is 11.5. The predicted molar refractivity (Wildman–Crippen MR) is 79.3 cm³/mol. The zero-order chi connectivity index (χ0) is 12.1. The third kappa shape index (κ3) is 3.27. The van der Waals surface area contributed by atoms with Crippen LogP contribution in [0.2, 0.25) is 0 Å². The molecule has 17 heavy (non-hydrogen) atoms. The molecular weight excluding hydrogens is 342 g/mol. The number of benzene rings is 1. The summed E-state index contributed by atoms with van der Waals surface area (Å²) in [7, 11) is 0. The molecule has 0 unspecified atom stereocenters. The van der Waals surface area contributed by atoms with Crippen LogP contribution < -0.4 is 0 Å². The van der Waals surface area contributed by atoms with Gasteiger partial charge in [0.05, 0.1) is 0 Å². The molecule has 1 aromatic carbocycles. The topological polar surface area (TPSA) is 12.9 Å². The molecule has 0 spiro atoms. The van der Waals surface area contributed by atoms with Gasteiger partial charge in [-0.25, -0.2) is 0 Å². The Balaban J connectivity index is 2.44. The fourth-order valence-corrected chi connectivity index (χ4v) is 2.22. The highest BCUT2D eigenvalue weighted by Crippen LogP contribution is 2.24. The second kappa shape index (κ2) is 6.12. The summed E-state index contributed by atoms with van der Waals surface area (Å²) in [5, 5.41) is 0.827. The Bertz CT molecular complexity index is 504. The van der Waals surface area contributed by atoms with Crippen molar-refractivity contribution < 1.29 is 0 Å². The van der Waals surface area contributed by atoms with Gasteiger partial charge in [0.25, 0.3) is 0 Å². The molecule has 86 valence electrons. The Morgan fingerprint density at radius 1 is 1.12 bits per heavy atom. The second-order valence-electron chi connectivity index (χ2n) is 3.52. The van der Waals surface area contributed by atoms with Crippen LogP contribution in [0, 0.1) is 0 Å². The lowest BCUT2D eigenvalue weighted by atomic mass is 9.99. The summed E-state index contributed by atoms with van der Waals surface area (Å²) in [5.74, 6) is 0. The number of hydrogen-bond donors (Lipinski definition) is 0. The summed E-state index contributed by atoms with van der Waals surface area (Å²) in [6, 6.07) is 12.3. The highest BCUT2D eigenvalue weighted by Gasteiger charge is 2.04. The van der Waals surface area contributed by atoms with Crippen LogP contribution in [0.1, 0.15) is 11.1 Å². The molecule has 0 fully saturated rings. The van der Waals surface area contributed by atoms with E-state index in [9.17, 15) is 0 Å². The van der Waals surface area contributed by atoms with Crippen LogP contribution in [0.15, 0.2) is 59.3 Å². The number of halogens is 2. The van der Waals surface area contributed by atoms with Gasteiger partial charge in [-0.1, -0.05) is 56.1 Å². The van der Waals surface area contributed by atoms with Crippen molar-refractivity contribution in [3.8, 4) is 0 Å². The number of allylic oxidation sites excluding steroid dienone is 1. The summed E-state index contributed by atoms with van der Waals surface area (Å²) < 4.78 is 1.09. The minimum Gasteiger partial charge on any atom is -0.264 e. The Labute approximate surface area is 118 Å². The van der Waals surface area contributed by atoms with Crippen LogP contribution in [-0.2, 0) is 0 Å². The van der Waals surface area contributed by atoms with Crippen LogP contribution in [0.25, 0.3) is 5.57 Å².